The maximum absolute atomic E-state index is 13.8. The molecule has 0 aliphatic carbocycles. The predicted molar refractivity (Wildman–Crippen MR) is 128 cm³/mol. The molecule has 1 aromatic carbocycles. The van der Waals surface area contributed by atoms with E-state index in [-0.39, 0.29) is 18.1 Å². The summed E-state index contributed by atoms with van der Waals surface area (Å²) in [6.45, 7) is 6.52. The SMILES string of the molecule is CCCCCCCCCC(CCCCCCc1c(F)cc(F)cc1F)OC(OCC)OCC. The highest BCUT2D eigenvalue weighted by Gasteiger charge is 2.17. The lowest BCUT2D eigenvalue weighted by molar-refractivity contribution is -0.302. The lowest BCUT2D eigenvalue weighted by Gasteiger charge is -2.24. The number of unbranched alkanes of at least 4 members (excludes halogenated alkanes) is 9. The maximum atomic E-state index is 13.8. The number of hydrogen-bond acceptors (Lipinski definition) is 3. The summed E-state index contributed by atoms with van der Waals surface area (Å²) in [7, 11) is 0. The van der Waals surface area contributed by atoms with Gasteiger partial charge in [-0.25, -0.2) is 13.2 Å². The fraction of sp³-hybridized carbons (Fsp3) is 0.778. The van der Waals surface area contributed by atoms with Crippen LogP contribution in [0.2, 0.25) is 0 Å². The van der Waals surface area contributed by atoms with Crippen LogP contribution < -0.4 is 0 Å². The molecular formula is C27H45F3O3. The van der Waals surface area contributed by atoms with Crippen molar-refractivity contribution in [3.63, 3.8) is 0 Å². The van der Waals surface area contributed by atoms with Gasteiger partial charge in [-0.2, -0.15) is 0 Å². The summed E-state index contributed by atoms with van der Waals surface area (Å²) in [6.07, 6.45) is 14.5. The predicted octanol–water partition coefficient (Wildman–Crippen LogP) is 8.48. The lowest BCUT2D eigenvalue weighted by atomic mass is 10.0. The molecule has 0 amide bonds. The van der Waals surface area contributed by atoms with Gasteiger partial charge < -0.3 is 14.2 Å². The standard InChI is InChI=1S/C27H45F3O3/c1-4-7-8-9-10-11-14-17-23(33-27(31-5-2)32-6-3)18-15-12-13-16-19-24-25(29)20-22(28)21-26(24)30/h20-21,23,27H,4-19H2,1-3H3. The Morgan fingerprint density at radius 3 is 1.67 bits per heavy atom. The fourth-order valence-electron chi connectivity index (χ4n) is 4.00. The fourth-order valence-corrected chi connectivity index (χ4v) is 4.00. The molecule has 0 aromatic heterocycles. The maximum Gasteiger partial charge on any atom is 0.271 e. The van der Waals surface area contributed by atoms with E-state index in [9.17, 15) is 13.2 Å². The molecule has 0 fully saturated rings. The van der Waals surface area contributed by atoms with Crippen LogP contribution >= 0.6 is 0 Å². The van der Waals surface area contributed by atoms with Gasteiger partial charge in [0.15, 0.2) is 0 Å². The van der Waals surface area contributed by atoms with E-state index in [1.165, 1.54) is 38.5 Å². The molecule has 33 heavy (non-hydrogen) atoms. The molecule has 1 atom stereocenters. The minimum atomic E-state index is -0.877. The van der Waals surface area contributed by atoms with E-state index in [0.717, 1.165) is 50.7 Å². The van der Waals surface area contributed by atoms with Gasteiger partial charge in [-0.05, 0) is 39.5 Å². The van der Waals surface area contributed by atoms with Crippen molar-refractivity contribution in [2.75, 3.05) is 13.2 Å². The average molecular weight is 475 g/mol. The van der Waals surface area contributed by atoms with Gasteiger partial charge in [-0.3, -0.25) is 0 Å². The molecule has 1 rings (SSSR count). The second kappa shape index (κ2) is 19.2. The molecule has 0 heterocycles. The molecule has 0 saturated heterocycles. The normalized spacial score (nSPS) is 12.6. The summed E-state index contributed by atoms with van der Waals surface area (Å²) in [6, 6.07) is 1.49. The lowest BCUT2D eigenvalue weighted by Crippen LogP contribution is -2.27. The number of hydrogen-bond donors (Lipinski definition) is 0. The van der Waals surface area contributed by atoms with E-state index >= 15 is 0 Å². The van der Waals surface area contributed by atoms with Crippen molar-refractivity contribution in [3.05, 3.63) is 35.1 Å². The zero-order chi connectivity index (χ0) is 24.3. The van der Waals surface area contributed by atoms with Crippen molar-refractivity contribution in [1.82, 2.24) is 0 Å². The molecule has 3 nitrogen and oxygen atoms in total. The first kappa shape index (κ1) is 29.9. The molecule has 6 heteroatoms. The minimum Gasteiger partial charge on any atom is -0.330 e. The Balaban J connectivity index is 2.37. The van der Waals surface area contributed by atoms with Gasteiger partial charge in [0.25, 0.3) is 6.48 Å². The van der Waals surface area contributed by atoms with E-state index in [0.29, 0.717) is 19.6 Å². The number of benzene rings is 1. The van der Waals surface area contributed by atoms with Crippen LogP contribution in [0.5, 0.6) is 0 Å². The van der Waals surface area contributed by atoms with Crippen molar-refractivity contribution in [3.8, 4) is 0 Å². The second-order valence-electron chi connectivity index (χ2n) is 8.67. The Morgan fingerprint density at radius 2 is 1.15 bits per heavy atom. The summed E-state index contributed by atoms with van der Waals surface area (Å²) in [5, 5.41) is 0. The number of rotatable bonds is 21. The molecular weight excluding hydrogens is 429 g/mol. The zero-order valence-electron chi connectivity index (χ0n) is 21.0. The van der Waals surface area contributed by atoms with Gasteiger partial charge in [0, 0.05) is 30.9 Å². The van der Waals surface area contributed by atoms with E-state index in [1.54, 1.807) is 0 Å². The largest absolute Gasteiger partial charge is 0.330 e. The highest BCUT2D eigenvalue weighted by molar-refractivity contribution is 5.20. The summed E-state index contributed by atoms with van der Waals surface area (Å²) in [5.41, 5.74) is -0.0205. The topological polar surface area (TPSA) is 27.7 Å². The van der Waals surface area contributed by atoms with Gasteiger partial charge in [-0.1, -0.05) is 71.1 Å². The van der Waals surface area contributed by atoms with Crippen LogP contribution in [0.1, 0.15) is 110 Å². The molecule has 0 aliphatic heterocycles. The monoisotopic (exact) mass is 474 g/mol. The first-order chi connectivity index (χ1) is 16.0. The Hall–Kier alpha value is -1.11. The highest BCUT2D eigenvalue weighted by atomic mass is 19.1. The van der Waals surface area contributed by atoms with Crippen LogP contribution in [0.15, 0.2) is 12.1 Å². The van der Waals surface area contributed by atoms with Crippen LogP contribution in [0.4, 0.5) is 13.2 Å². The molecule has 0 saturated carbocycles. The second-order valence-corrected chi connectivity index (χ2v) is 8.67. The molecule has 0 spiro atoms. The molecule has 0 radical (unpaired) electrons. The third kappa shape index (κ3) is 14.0. The number of ether oxygens (including phenoxy) is 3. The Morgan fingerprint density at radius 1 is 0.667 bits per heavy atom. The van der Waals surface area contributed by atoms with Gasteiger partial charge in [0.2, 0.25) is 0 Å². The average Bonchev–Trinajstić information content (AvgIpc) is 2.76. The van der Waals surface area contributed by atoms with Crippen molar-refractivity contribution < 1.29 is 27.4 Å². The zero-order valence-corrected chi connectivity index (χ0v) is 21.0. The third-order valence-corrected chi connectivity index (χ3v) is 5.85. The first-order valence-corrected chi connectivity index (χ1v) is 13.0. The van der Waals surface area contributed by atoms with Crippen molar-refractivity contribution in [2.24, 2.45) is 0 Å². The third-order valence-electron chi connectivity index (χ3n) is 5.85. The summed E-state index contributed by atoms with van der Waals surface area (Å²) >= 11 is 0. The van der Waals surface area contributed by atoms with Crippen LogP contribution in [0.3, 0.4) is 0 Å². The summed E-state index contributed by atoms with van der Waals surface area (Å²) in [4.78, 5) is 0. The molecule has 1 aromatic rings. The first-order valence-electron chi connectivity index (χ1n) is 13.0. The molecule has 1 unspecified atom stereocenters. The quantitative estimate of drug-likeness (QED) is 0.132. The smallest absolute Gasteiger partial charge is 0.271 e. The van der Waals surface area contributed by atoms with E-state index < -0.39 is 23.9 Å². The van der Waals surface area contributed by atoms with Gasteiger partial charge in [0.1, 0.15) is 17.5 Å². The molecule has 0 N–H and O–H groups in total. The minimum absolute atomic E-state index is 0.0205. The van der Waals surface area contributed by atoms with Crippen LogP contribution in [0.25, 0.3) is 0 Å². The van der Waals surface area contributed by atoms with E-state index in [4.69, 9.17) is 14.2 Å². The summed E-state index contributed by atoms with van der Waals surface area (Å²) in [5.74, 6) is -2.47. The summed E-state index contributed by atoms with van der Waals surface area (Å²) < 4.78 is 57.8. The molecule has 0 aliphatic rings. The van der Waals surface area contributed by atoms with Crippen LogP contribution in [0, 0.1) is 17.5 Å². The van der Waals surface area contributed by atoms with Gasteiger partial charge >= 0.3 is 0 Å². The molecule has 0 bridgehead atoms. The van der Waals surface area contributed by atoms with E-state index in [1.807, 2.05) is 13.8 Å². The molecule has 192 valence electrons. The Bertz CT molecular complexity index is 583. The number of halogens is 3. The van der Waals surface area contributed by atoms with E-state index in [2.05, 4.69) is 6.92 Å². The van der Waals surface area contributed by atoms with Crippen molar-refractivity contribution >= 4 is 0 Å². The van der Waals surface area contributed by atoms with Gasteiger partial charge in [0.05, 0.1) is 6.10 Å². The highest BCUT2D eigenvalue weighted by Crippen LogP contribution is 2.21. The van der Waals surface area contributed by atoms with Crippen LogP contribution in [-0.4, -0.2) is 25.8 Å². The Labute approximate surface area is 199 Å². The van der Waals surface area contributed by atoms with Gasteiger partial charge in [-0.15, -0.1) is 0 Å². The van der Waals surface area contributed by atoms with Crippen molar-refractivity contribution in [1.29, 1.82) is 0 Å². The van der Waals surface area contributed by atoms with Crippen LogP contribution in [-0.2, 0) is 20.6 Å². The Kier molecular flexibility index (Phi) is 17.4. The van der Waals surface area contributed by atoms with Crippen molar-refractivity contribution in [2.45, 2.75) is 123 Å².